The first-order valence-electron chi connectivity index (χ1n) is 6.00. The number of nitrogen functional groups attached to an aromatic ring is 1. The van der Waals surface area contributed by atoms with Crippen LogP contribution in [0.25, 0.3) is 22.5 Å². The van der Waals surface area contributed by atoms with Crippen LogP contribution in [0, 0.1) is 13.8 Å². The van der Waals surface area contributed by atoms with Gasteiger partial charge in [-0.15, -0.1) is 0 Å². The number of hydrogen-bond donors (Lipinski definition) is 2. The molecule has 0 atom stereocenters. The fraction of sp³-hybridized carbons (Fsp3) is 0.143. The van der Waals surface area contributed by atoms with E-state index in [4.69, 9.17) is 10.3 Å². The number of H-pyrrole nitrogens is 1. The molecular formula is C14H14N4O. The Morgan fingerprint density at radius 1 is 1.16 bits per heavy atom. The van der Waals surface area contributed by atoms with Crippen LogP contribution in [0.2, 0.25) is 0 Å². The predicted octanol–water partition coefficient (Wildman–Crippen LogP) is 2.93. The van der Waals surface area contributed by atoms with E-state index in [2.05, 4.69) is 15.4 Å². The number of nitrogens with two attached hydrogens (primary N) is 1. The lowest BCUT2D eigenvalue weighted by molar-refractivity contribution is 0.436. The number of nitrogens with zero attached hydrogens (tertiary/aromatic N) is 2. The predicted molar refractivity (Wildman–Crippen MR) is 73.4 cm³/mol. The Balaban J connectivity index is 2.26. The van der Waals surface area contributed by atoms with E-state index in [0.29, 0.717) is 11.6 Å². The monoisotopic (exact) mass is 254 g/mol. The molecule has 96 valence electrons. The number of rotatable bonds is 2. The maximum atomic E-state index is 5.96. The van der Waals surface area contributed by atoms with Crippen molar-refractivity contribution in [3.8, 4) is 22.5 Å². The van der Waals surface area contributed by atoms with Gasteiger partial charge in [0.25, 0.3) is 0 Å². The van der Waals surface area contributed by atoms with E-state index in [0.717, 1.165) is 27.9 Å². The topological polar surface area (TPSA) is 80.7 Å². The highest BCUT2D eigenvalue weighted by Crippen LogP contribution is 2.38. The molecular weight excluding hydrogens is 240 g/mol. The number of anilines is 1. The van der Waals surface area contributed by atoms with Gasteiger partial charge in [0.2, 0.25) is 0 Å². The molecule has 0 aliphatic heterocycles. The molecule has 5 heteroatoms. The summed E-state index contributed by atoms with van der Waals surface area (Å²) in [4.78, 5) is 0. The van der Waals surface area contributed by atoms with E-state index in [1.165, 1.54) is 0 Å². The van der Waals surface area contributed by atoms with Crippen LogP contribution < -0.4 is 5.73 Å². The molecule has 19 heavy (non-hydrogen) atoms. The van der Waals surface area contributed by atoms with Crippen LogP contribution >= 0.6 is 0 Å². The Kier molecular flexibility index (Phi) is 2.59. The third-order valence-corrected chi connectivity index (χ3v) is 3.21. The van der Waals surface area contributed by atoms with Crippen molar-refractivity contribution in [1.82, 2.24) is 15.4 Å². The second-order valence-corrected chi connectivity index (χ2v) is 4.50. The molecule has 3 rings (SSSR count). The highest BCUT2D eigenvalue weighted by molar-refractivity contribution is 5.88. The molecule has 0 saturated heterocycles. The number of aryl methyl sites for hydroxylation is 2. The summed E-state index contributed by atoms with van der Waals surface area (Å²) < 4.78 is 5.40. The van der Waals surface area contributed by atoms with Crippen LogP contribution in [0.4, 0.5) is 5.82 Å². The second kappa shape index (κ2) is 4.28. The minimum atomic E-state index is 0.393. The minimum Gasteiger partial charge on any atom is -0.380 e. The number of aromatic amines is 1. The molecule has 3 aromatic rings. The van der Waals surface area contributed by atoms with Gasteiger partial charge in [0, 0.05) is 5.69 Å². The molecule has 0 saturated carbocycles. The fourth-order valence-electron chi connectivity index (χ4n) is 2.18. The van der Waals surface area contributed by atoms with Crippen molar-refractivity contribution >= 4 is 5.82 Å². The second-order valence-electron chi connectivity index (χ2n) is 4.50. The molecule has 0 aliphatic rings. The van der Waals surface area contributed by atoms with Crippen LogP contribution in [-0.4, -0.2) is 15.4 Å². The third kappa shape index (κ3) is 1.79. The Morgan fingerprint density at radius 3 is 2.63 bits per heavy atom. The maximum absolute atomic E-state index is 5.96. The number of nitrogens with one attached hydrogen (secondary N) is 1. The van der Waals surface area contributed by atoms with Crippen molar-refractivity contribution in [2.45, 2.75) is 13.8 Å². The zero-order valence-electron chi connectivity index (χ0n) is 10.8. The first-order chi connectivity index (χ1) is 9.18. The molecule has 2 aromatic heterocycles. The molecule has 1 aromatic carbocycles. The van der Waals surface area contributed by atoms with Gasteiger partial charge in [0.05, 0.1) is 17.3 Å². The van der Waals surface area contributed by atoms with E-state index >= 15 is 0 Å². The number of hydrogen-bond acceptors (Lipinski definition) is 4. The Bertz CT molecular complexity index is 727. The lowest BCUT2D eigenvalue weighted by Crippen LogP contribution is -1.91. The summed E-state index contributed by atoms with van der Waals surface area (Å²) in [7, 11) is 0. The van der Waals surface area contributed by atoms with E-state index in [1.54, 1.807) is 6.20 Å². The molecule has 0 radical (unpaired) electrons. The summed E-state index contributed by atoms with van der Waals surface area (Å²) in [5.74, 6) is 1.04. The molecule has 5 nitrogen and oxygen atoms in total. The van der Waals surface area contributed by atoms with Gasteiger partial charge in [-0.25, -0.2) is 0 Å². The van der Waals surface area contributed by atoms with E-state index in [1.807, 2.05) is 38.1 Å². The van der Waals surface area contributed by atoms with E-state index in [-0.39, 0.29) is 0 Å². The Morgan fingerprint density at radius 2 is 1.95 bits per heavy atom. The van der Waals surface area contributed by atoms with Gasteiger partial charge in [-0.3, -0.25) is 5.10 Å². The maximum Gasteiger partial charge on any atom is 0.180 e. The van der Waals surface area contributed by atoms with Crippen molar-refractivity contribution < 1.29 is 4.52 Å². The largest absolute Gasteiger partial charge is 0.380 e. The third-order valence-electron chi connectivity index (χ3n) is 3.21. The van der Waals surface area contributed by atoms with Gasteiger partial charge in [0.1, 0.15) is 0 Å². The molecule has 0 spiro atoms. The molecule has 0 unspecified atom stereocenters. The summed E-state index contributed by atoms with van der Waals surface area (Å²) in [5, 5.41) is 10.8. The molecule has 0 bridgehead atoms. The van der Waals surface area contributed by atoms with Crippen LogP contribution in [0.5, 0.6) is 0 Å². The summed E-state index contributed by atoms with van der Waals surface area (Å²) in [6.45, 7) is 3.97. The summed E-state index contributed by atoms with van der Waals surface area (Å²) >= 11 is 0. The molecule has 0 fully saturated rings. The quantitative estimate of drug-likeness (QED) is 0.736. The highest BCUT2D eigenvalue weighted by atomic mass is 16.5. The Hall–Kier alpha value is -2.56. The first-order valence-corrected chi connectivity index (χ1v) is 6.00. The standard InChI is InChI=1S/C14H14N4O/c1-8-5-3-4-6-10(8)12-13(19-18-14(12)15)11-7-16-17-9(11)2/h3-7H,1-2H3,(H2,15,18)(H,16,17). The summed E-state index contributed by atoms with van der Waals surface area (Å²) in [5.41, 5.74) is 10.7. The van der Waals surface area contributed by atoms with Gasteiger partial charge in [-0.2, -0.15) is 5.10 Å². The zero-order chi connectivity index (χ0) is 13.4. The van der Waals surface area contributed by atoms with Crippen LogP contribution in [0.1, 0.15) is 11.3 Å². The van der Waals surface area contributed by atoms with Crippen molar-refractivity contribution in [3.05, 3.63) is 41.7 Å². The first kappa shape index (κ1) is 11.5. The van der Waals surface area contributed by atoms with Gasteiger partial charge in [-0.1, -0.05) is 29.4 Å². The average Bonchev–Trinajstić information content (AvgIpc) is 2.96. The van der Waals surface area contributed by atoms with Crippen molar-refractivity contribution in [2.75, 3.05) is 5.73 Å². The Labute approximate surface area is 110 Å². The highest BCUT2D eigenvalue weighted by Gasteiger charge is 2.20. The summed E-state index contributed by atoms with van der Waals surface area (Å²) in [6.07, 6.45) is 1.72. The van der Waals surface area contributed by atoms with Gasteiger partial charge < -0.3 is 10.3 Å². The van der Waals surface area contributed by atoms with Crippen LogP contribution in [-0.2, 0) is 0 Å². The van der Waals surface area contributed by atoms with Crippen LogP contribution in [0.15, 0.2) is 35.0 Å². The number of aromatic nitrogens is 3. The SMILES string of the molecule is Cc1ccccc1-c1c(N)noc1-c1cn[nH]c1C. The zero-order valence-corrected chi connectivity index (χ0v) is 10.8. The lowest BCUT2D eigenvalue weighted by atomic mass is 9.98. The smallest absolute Gasteiger partial charge is 0.180 e. The van der Waals surface area contributed by atoms with Gasteiger partial charge in [-0.05, 0) is 25.0 Å². The van der Waals surface area contributed by atoms with Crippen molar-refractivity contribution in [3.63, 3.8) is 0 Å². The number of benzene rings is 1. The van der Waals surface area contributed by atoms with Crippen LogP contribution in [0.3, 0.4) is 0 Å². The van der Waals surface area contributed by atoms with Gasteiger partial charge in [0.15, 0.2) is 11.6 Å². The fourth-order valence-corrected chi connectivity index (χ4v) is 2.18. The van der Waals surface area contributed by atoms with E-state index in [9.17, 15) is 0 Å². The lowest BCUT2D eigenvalue weighted by Gasteiger charge is -2.05. The molecule has 2 heterocycles. The summed E-state index contributed by atoms with van der Waals surface area (Å²) in [6, 6.07) is 8.01. The normalized spacial score (nSPS) is 10.8. The molecule has 3 N–H and O–H groups in total. The van der Waals surface area contributed by atoms with Crippen molar-refractivity contribution in [2.24, 2.45) is 0 Å². The van der Waals surface area contributed by atoms with Gasteiger partial charge >= 0.3 is 0 Å². The average molecular weight is 254 g/mol. The van der Waals surface area contributed by atoms with Crippen molar-refractivity contribution in [1.29, 1.82) is 0 Å². The minimum absolute atomic E-state index is 0.393. The molecule has 0 aliphatic carbocycles. The molecule has 0 amide bonds. The van der Waals surface area contributed by atoms with E-state index < -0.39 is 0 Å².